The van der Waals surface area contributed by atoms with Crippen LogP contribution in [0.4, 0.5) is 0 Å². The molecular formula is C29H25NO4. The molecule has 0 N–H and O–H groups in total. The first-order valence-electron chi connectivity index (χ1n) is 10.8. The molecule has 2 aromatic carbocycles. The van der Waals surface area contributed by atoms with E-state index in [1.807, 2.05) is 67.6 Å². The van der Waals surface area contributed by atoms with Gasteiger partial charge >= 0.3 is 0 Å². The van der Waals surface area contributed by atoms with Crippen LogP contribution in [0.3, 0.4) is 0 Å². The van der Waals surface area contributed by atoms with Crippen molar-refractivity contribution >= 4 is 29.2 Å². The molecule has 2 heterocycles. The summed E-state index contributed by atoms with van der Waals surface area (Å²) in [5, 5.41) is 0. The standard InChI is InChI=1S/C29H25NO4/c1-20-5-4-18-30-26(28(32)17-11-22-8-14-24(34-3)15-9-22)19-25(29(20)30)27(31)16-10-21-6-12-23(33-2)13-7-21/h4-19H,1-3H3/b16-10+,17-11+. The van der Waals surface area contributed by atoms with Crippen molar-refractivity contribution in [2.45, 2.75) is 6.92 Å². The van der Waals surface area contributed by atoms with Gasteiger partial charge in [-0.05, 0) is 72.2 Å². The topological polar surface area (TPSA) is 57.0 Å². The van der Waals surface area contributed by atoms with Gasteiger partial charge in [0.2, 0.25) is 5.78 Å². The van der Waals surface area contributed by atoms with Crippen molar-refractivity contribution in [1.29, 1.82) is 0 Å². The quantitative estimate of drug-likeness (QED) is 0.241. The van der Waals surface area contributed by atoms with E-state index in [1.165, 1.54) is 12.2 Å². The fourth-order valence-corrected chi connectivity index (χ4v) is 3.76. The Bertz CT molecular complexity index is 1390. The Morgan fingerprint density at radius 1 is 0.765 bits per heavy atom. The molecule has 0 radical (unpaired) electrons. The van der Waals surface area contributed by atoms with E-state index in [0.29, 0.717) is 11.3 Å². The van der Waals surface area contributed by atoms with Crippen molar-refractivity contribution in [1.82, 2.24) is 4.40 Å². The molecule has 0 amide bonds. The molecule has 0 spiro atoms. The monoisotopic (exact) mass is 451 g/mol. The second kappa shape index (κ2) is 10.0. The number of nitrogens with zero attached hydrogens (tertiary/aromatic N) is 1. The van der Waals surface area contributed by atoms with Gasteiger partial charge in [-0.1, -0.05) is 42.5 Å². The van der Waals surface area contributed by atoms with Gasteiger partial charge in [0.05, 0.1) is 25.4 Å². The second-order valence-electron chi connectivity index (χ2n) is 7.79. The van der Waals surface area contributed by atoms with Gasteiger partial charge in [0.25, 0.3) is 0 Å². The fourth-order valence-electron chi connectivity index (χ4n) is 3.76. The predicted octanol–water partition coefficient (Wildman–Crippen LogP) is 6.06. The van der Waals surface area contributed by atoms with Crippen molar-refractivity contribution in [2.24, 2.45) is 0 Å². The number of ether oxygens (including phenoxy) is 2. The number of pyridine rings is 1. The lowest BCUT2D eigenvalue weighted by atomic mass is 10.1. The fraction of sp³-hybridized carbons (Fsp3) is 0.103. The number of ketones is 2. The van der Waals surface area contributed by atoms with Gasteiger partial charge < -0.3 is 13.9 Å². The minimum absolute atomic E-state index is 0.166. The number of benzene rings is 2. The largest absolute Gasteiger partial charge is 0.497 e. The number of fused-ring (bicyclic) bond motifs is 1. The van der Waals surface area contributed by atoms with Crippen LogP contribution in [0.1, 0.15) is 37.5 Å². The molecule has 0 fully saturated rings. The maximum Gasteiger partial charge on any atom is 0.202 e. The Morgan fingerprint density at radius 3 is 1.82 bits per heavy atom. The lowest BCUT2D eigenvalue weighted by Gasteiger charge is -2.03. The maximum atomic E-state index is 13.1. The van der Waals surface area contributed by atoms with Gasteiger partial charge in [-0.15, -0.1) is 0 Å². The normalized spacial score (nSPS) is 11.4. The van der Waals surface area contributed by atoms with Gasteiger partial charge in [0.15, 0.2) is 5.78 Å². The number of rotatable bonds is 8. The number of aromatic nitrogens is 1. The summed E-state index contributed by atoms with van der Waals surface area (Å²) in [5.74, 6) is 1.15. The predicted molar refractivity (Wildman–Crippen MR) is 135 cm³/mol. The van der Waals surface area contributed by atoms with Crippen LogP contribution in [0.2, 0.25) is 0 Å². The average molecular weight is 452 g/mol. The van der Waals surface area contributed by atoms with Gasteiger partial charge in [0.1, 0.15) is 11.5 Å². The zero-order valence-electron chi connectivity index (χ0n) is 19.3. The number of methoxy groups -OCH3 is 2. The van der Waals surface area contributed by atoms with E-state index in [-0.39, 0.29) is 11.6 Å². The zero-order chi connectivity index (χ0) is 24.1. The Labute approximate surface area is 198 Å². The maximum absolute atomic E-state index is 13.1. The molecule has 5 nitrogen and oxygen atoms in total. The van der Waals surface area contributed by atoms with Crippen molar-refractivity contribution in [3.05, 3.63) is 113 Å². The van der Waals surface area contributed by atoms with Crippen LogP contribution < -0.4 is 9.47 Å². The van der Waals surface area contributed by atoms with E-state index in [4.69, 9.17) is 9.47 Å². The van der Waals surface area contributed by atoms with Crippen molar-refractivity contribution in [2.75, 3.05) is 14.2 Å². The minimum atomic E-state index is -0.186. The first-order chi connectivity index (χ1) is 16.5. The van der Waals surface area contributed by atoms with Crippen LogP contribution in [-0.4, -0.2) is 30.2 Å². The SMILES string of the molecule is COc1ccc(/C=C/C(=O)c2cc(C(=O)/C=C/c3ccc(OC)cc3)n3cccc(C)c23)cc1. The van der Waals surface area contributed by atoms with Crippen LogP contribution in [0, 0.1) is 6.92 Å². The van der Waals surface area contributed by atoms with Gasteiger partial charge in [0, 0.05) is 11.8 Å². The highest BCUT2D eigenvalue weighted by Crippen LogP contribution is 2.23. The van der Waals surface area contributed by atoms with E-state index < -0.39 is 0 Å². The number of carbonyl (C=O) groups excluding carboxylic acids is 2. The Morgan fingerprint density at radius 2 is 1.29 bits per heavy atom. The molecule has 0 saturated carbocycles. The summed E-state index contributed by atoms with van der Waals surface area (Å²) in [5.41, 5.74) is 4.33. The molecule has 0 unspecified atom stereocenters. The third kappa shape index (κ3) is 4.84. The summed E-state index contributed by atoms with van der Waals surface area (Å²) in [6.07, 6.45) is 8.37. The lowest BCUT2D eigenvalue weighted by molar-refractivity contribution is 0.104. The average Bonchev–Trinajstić information content (AvgIpc) is 3.28. The summed E-state index contributed by atoms with van der Waals surface area (Å²) in [7, 11) is 3.22. The van der Waals surface area contributed by atoms with Crippen LogP contribution in [-0.2, 0) is 0 Å². The van der Waals surface area contributed by atoms with Crippen molar-refractivity contribution in [3.63, 3.8) is 0 Å². The molecule has 34 heavy (non-hydrogen) atoms. The molecule has 0 atom stereocenters. The first kappa shape index (κ1) is 22.8. The van der Waals surface area contributed by atoms with E-state index in [1.54, 1.807) is 43.0 Å². The number of hydrogen-bond acceptors (Lipinski definition) is 4. The molecule has 5 heteroatoms. The Balaban J connectivity index is 1.64. The second-order valence-corrected chi connectivity index (χ2v) is 7.79. The molecule has 0 aliphatic rings. The molecule has 0 aliphatic carbocycles. The first-order valence-corrected chi connectivity index (χ1v) is 10.8. The molecular weight excluding hydrogens is 426 g/mol. The number of carbonyl (C=O) groups is 2. The number of allylic oxidation sites excluding steroid dienone is 2. The van der Waals surface area contributed by atoms with Crippen LogP contribution in [0.15, 0.2) is 85.1 Å². The minimum Gasteiger partial charge on any atom is -0.497 e. The van der Waals surface area contributed by atoms with Crippen molar-refractivity contribution in [3.8, 4) is 11.5 Å². The summed E-state index contributed by atoms with van der Waals surface area (Å²) in [4.78, 5) is 26.2. The van der Waals surface area contributed by atoms with Gasteiger partial charge in [-0.25, -0.2) is 0 Å². The number of hydrogen-bond donors (Lipinski definition) is 0. The van der Waals surface area contributed by atoms with Gasteiger partial charge in [-0.2, -0.15) is 0 Å². The molecule has 0 bridgehead atoms. The highest BCUT2D eigenvalue weighted by molar-refractivity contribution is 6.15. The highest BCUT2D eigenvalue weighted by atomic mass is 16.5. The van der Waals surface area contributed by atoms with Gasteiger partial charge in [-0.3, -0.25) is 9.59 Å². The van der Waals surface area contributed by atoms with E-state index in [9.17, 15) is 9.59 Å². The third-order valence-corrected chi connectivity index (χ3v) is 5.60. The summed E-state index contributed by atoms with van der Waals surface area (Å²) >= 11 is 0. The molecule has 0 aliphatic heterocycles. The smallest absolute Gasteiger partial charge is 0.202 e. The highest BCUT2D eigenvalue weighted by Gasteiger charge is 2.18. The van der Waals surface area contributed by atoms with E-state index in [2.05, 4.69) is 0 Å². The summed E-state index contributed by atoms with van der Waals surface area (Å²) in [6.45, 7) is 1.93. The Kier molecular flexibility index (Phi) is 6.74. The third-order valence-electron chi connectivity index (χ3n) is 5.60. The molecule has 4 aromatic rings. The van der Waals surface area contributed by atoms with E-state index >= 15 is 0 Å². The Hall–Kier alpha value is -4.38. The van der Waals surface area contributed by atoms with Crippen molar-refractivity contribution < 1.29 is 19.1 Å². The molecule has 0 saturated heterocycles. The summed E-state index contributed by atoms with van der Waals surface area (Å²) in [6, 6.07) is 20.3. The van der Waals surface area contributed by atoms with Crippen LogP contribution >= 0.6 is 0 Å². The van der Waals surface area contributed by atoms with Crippen LogP contribution in [0.5, 0.6) is 11.5 Å². The number of aryl methyl sites for hydroxylation is 1. The van der Waals surface area contributed by atoms with Crippen LogP contribution in [0.25, 0.3) is 17.7 Å². The summed E-state index contributed by atoms with van der Waals surface area (Å²) < 4.78 is 12.1. The van der Waals surface area contributed by atoms with E-state index in [0.717, 1.165) is 33.7 Å². The molecule has 170 valence electrons. The lowest BCUT2D eigenvalue weighted by Crippen LogP contribution is -2.00. The zero-order valence-corrected chi connectivity index (χ0v) is 19.3. The molecule has 2 aromatic heterocycles. The molecule has 4 rings (SSSR count).